The van der Waals surface area contributed by atoms with E-state index in [9.17, 15) is 0 Å². The number of carbonyl (C=O) groups excluding carboxylic acids is 2. The minimum absolute atomic E-state index is 0. The highest BCUT2D eigenvalue weighted by atomic mass is 35.5. The molecule has 0 spiro atoms. The number of aliphatic hydroxyl groups is 1. The molecule has 8 nitrogen and oxygen atoms in total. The summed E-state index contributed by atoms with van der Waals surface area (Å²) in [6.45, 7) is 1.11. The molecule has 0 heterocycles. The number of hydrogen-bond donors (Lipinski definition) is 5. The fourth-order valence-corrected chi connectivity index (χ4v) is 0.300. The molecule has 0 aliphatic carbocycles. The first kappa shape index (κ1) is 24.1. The van der Waals surface area contributed by atoms with Crippen molar-refractivity contribution in [3.63, 3.8) is 0 Å². The average molecular weight is 260 g/mol. The predicted molar refractivity (Wildman–Crippen MR) is 57.5 cm³/mol. The predicted octanol–water partition coefficient (Wildman–Crippen LogP) is -5.26. The summed E-state index contributed by atoms with van der Waals surface area (Å²) < 4.78 is 0.844. The summed E-state index contributed by atoms with van der Waals surface area (Å²) in [6.07, 6.45) is 0. The van der Waals surface area contributed by atoms with Gasteiger partial charge < -0.3 is 44.9 Å². The van der Waals surface area contributed by atoms with E-state index in [1.54, 1.807) is 0 Å². The van der Waals surface area contributed by atoms with Crippen LogP contribution in [0.5, 0.6) is 0 Å². The number of rotatable bonds is 2. The van der Waals surface area contributed by atoms with Crippen LogP contribution in [0.25, 0.3) is 0 Å². The molecule has 0 atom stereocenters. The molecule has 0 aliphatic rings. The standard InChI is InChI=1S/C5H14NO.2CH4N2O.ClH/c1-6(2,3)4-5-7;2*2-1(3)4;/h7H,4-5H2,1-3H3;2*(H4,2,3,4);1H/q+1;;;/p-1. The number of urea groups is 2. The molecular formula is C7H22ClN5O3. The quantitative estimate of drug-likeness (QED) is 0.314. The normalized spacial score (nSPS) is 8.25. The third-order valence-electron chi connectivity index (χ3n) is 0.771. The summed E-state index contributed by atoms with van der Waals surface area (Å²) in [5.41, 5.74) is 17.0. The van der Waals surface area contributed by atoms with Crippen LogP contribution in [0.4, 0.5) is 9.59 Å². The van der Waals surface area contributed by atoms with Gasteiger partial charge in [0.1, 0.15) is 6.54 Å². The molecule has 16 heavy (non-hydrogen) atoms. The first-order valence-electron chi connectivity index (χ1n) is 4.04. The highest BCUT2D eigenvalue weighted by Gasteiger charge is 2.02. The van der Waals surface area contributed by atoms with Gasteiger partial charge in [0.2, 0.25) is 0 Å². The Morgan fingerprint density at radius 3 is 1.19 bits per heavy atom. The zero-order chi connectivity index (χ0) is 13.1. The van der Waals surface area contributed by atoms with Crippen molar-refractivity contribution in [1.29, 1.82) is 0 Å². The van der Waals surface area contributed by atoms with Gasteiger partial charge in [-0.05, 0) is 0 Å². The molecule has 0 aromatic carbocycles. The van der Waals surface area contributed by atoms with Crippen LogP contribution in [0, 0.1) is 0 Å². The molecule has 0 unspecified atom stereocenters. The average Bonchev–Trinajstić information content (AvgIpc) is 1.79. The molecule has 0 aromatic heterocycles. The van der Waals surface area contributed by atoms with Crippen LogP contribution < -0.4 is 35.3 Å². The zero-order valence-electron chi connectivity index (χ0n) is 9.81. The van der Waals surface area contributed by atoms with Crippen LogP contribution in [0.2, 0.25) is 0 Å². The van der Waals surface area contributed by atoms with Gasteiger partial charge in [0, 0.05) is 0 Å². The van der Waals surface area contributed by atoms with E-state index >= 15 is 0 Å². The Morgan fingerprint density at radius 1 is 1.00 bits per heavy atom. The van der Waals surface area contributed by atoms with Crippen molar-refractivity contribution in [2.45, 2.75) is 0 Å². The Morgan fingerprint density at radius 2 is 1.19 bits per heavy atom. The maximum Gasteiger partial charge on any atom is 0.309 e. The van der Waals surface area contributed by atoms with Crippen molar-refractivity contribution in [1.82, 2.24) is 0 Å². The van der Waals surface area contributed by atoms with Gasteiger partial charge in [0.15, 0.2) is 0 Å². The lowest BCUT2D eigenvalue weighted by Gasteiger charge is -2.21. The van der Waals surface area contributed by atoms with Crippen LogP contribution in [0.1, 0.15) is 0 Å². The fourth-order valence-electron chi connectivity index (χ4n) is 0.300. The minimum Gasteiger partial charge on any atom is -1.00 e. The van der Waals surface area contributed by atoms with E-state index in [2.05, 4.69) is 44.1 Å². The van der Waals surface area contributed by atoms with Crippen molar-refractivity contribution >= 4 is 12.1 Å². The smallest absolute Gasteiger partial charge is 0.309 e. The van der Waals surface area contributed by atoms with Crippen molar-refractivity contribution in [2.24, 2.45) is 22.9 Å². The van der Waals surface area contributed by atoms with Crippen LogP contribution in [-0.2, 0) is 0 Å². The van der Waals surface area contributed by atoms with Crippen molar-refractivity contribution in [3.05, 3.63) is 0 Å². The molecule has 9 heteroatoms. The monoisotopic (exact) mass is 259 g/mol. The largest absolute Gasteiger partial charge is 1.00 e. The Hall–Kier alpha value is -1.25. The van der Waals surface area contributed by atoms with Crippen LogP contribution in [-0.4, -0.2) is 55.9 Å². The number of primary amides is 4. The Labute approximate surface area is 102 Å². The van der Waals surface area contributed by atoms with E-state index < -0.39 is 12.1 Å². The Kier molecular flexibility index (Phi) is 20.7. The molecule has 4 amide bonds. The second kappa shape index (κ2) is 13.8. The molecule has 0 saturated heterocycles. The summed E-state index contributed by atoms with van der Waals surface area (Å²) >= 11 is 0. The lowest BCUT2D eigenvalue weighted by molar-refractivity contribution is -0.870. The maximum absolute atomic E-state index is 9.00. The van der Waals surface area contributed by atoms with Gasteiger partial charge in [0.05, 0.1) is 27.7 Å². The summed E-state index contributed by atoms with van der Waals surface area (Å²) in [5.74, 6) is 0. The zero-order valence-corrected chi connectivity index (χ0v) is 10.6. The van der Waals surface area contributed by atoms with Crippen LogP contribution >= 0.6 is 0 Å². The molecular weight excluding hydrogens is 238 g/mol. The van der Waals surface area contributed by atoms with E-state index in [0.29, 0.717) is 0 Å². The number of amides is 4. The summed E-state index contributed by atoms with van der Waals surface area (Å²) in [4.78, 5) is 18.0. The molecule has 9 N–H and O–H groups in total. The number of carbonyl (C=O) groups is 2. The Balaban J connectivity index is -0.0000000700. The van der Waals surface area contributed by atoms with Crippen molar-refractivity contribution in [3.8, 4) is 0 Å². The van der Waals surface area contributed by atoms with Gasteiger partial charge in [-0.15, -0.1) is 0 Å². The summed E-state index contributed by atoms with van der Waals surface area (Å²) in [6, 6.07) is -1.67. The van der Waals surface area contributed by atoms with Crippen LogP contribution in [0.15, 0.2) is 0 Å². The first-order chi connectivity index (χ1) is 6.52. The molecule has 0 aromatic rings. The van der Waals surface area contributed by atoms with Crippen LogP contribution in [0.3, 0.4) is 0 Å². The van der Waals surface area contributed by atoms with Crippen molar-refractivity contribution < 1.29 is 31.6 Å². The molecule has 0 fully saturated rings. The first-order valence-corrected chi connectivity index (χ1v) is 4.04. The van der Waals surface area contributed by atoms with E-state index in [0.717, 1.165) is 11.0 Å². The number of aliphatic hydroxyl groups excluding tert-OH is 1. The number of quaternary nitrogens is 1. The minimum atomic E-state index is -0.833. The number of likely N-dealkylation sites (N-methyl/N-ethyl adjacent to an activating group) is 1. The summed E-state index contributed by atoms with van der Waals surface area (Å²) in [5, 5.41) is 8.39. The number of nitrogens with two attached hydrogens (primary N) is 4. The van der Waals surface area contributed by atoms with Gasteiger partial charge in [-0.2, -0.15) is 0 Å². The molecule has 0 radical (unpaired) electrons. The highest BCUT2D eigenvalue weighted by molar-refractivity contribution is 5.69. The second-order valence-electron chi connectivity index (χ2n) is 3.54. The molecule has 100 valence electrons. The van der Waals surface area contributed by atoms with E-state index in [1.165, 1.54) is 0 Å². The number of hydrogen-bond acceptors (Lipinski definition) is 3. The van der Waals surface area contributed by atoms with Gasteiger partial charge in [-0.25, -0.2) is 9.59 Å². The highest BCUT2D eigenvalue weighted by Crippen LogP contribution is 1.84. The number of nitrogens with zero attached hydrogens (tertiary/aromatic N) is 1. The Bertz CT molecular complexity index is 163. The lowest BCUT2D eigenvalue weighted by atomic mass is 10.5. The molecule has 0 aliphatic heterocycles. The van der Waals surface area contributed by atoms with E-state index in [4.69, 9.17) is 14.7 Å². The third kappa shape index (κ3) is 233. The number of halogens is 1. The fraction of sp³-hybridized carbons (Fsp3) is 0.714. The SMILES string of the molecule is C[N+](C)(C)CCO.NC(N)=O.NC(N)=O.[Cl-]. The lowest BCUT2D eigenvalue weighted by Crippen LogP contribution is -3.00. The van der Waals surface area contributed by atoms with E-state index in [1.807, 2.05) is 0 Å². The van der Waals surface area contributed by atoms with Gasteiger partial charge in [0.25, 0.3) is 0 Å². The van der Waals surface area contributed by atoms with Gasteiger partial charge in [-0.1, -0.05) is 0 Å². The van der Waals surface area contributed by atoms with E-state index in [-0.39, 0.29) is 19.0 Å². The van der Waals surface area contributed by atoms with Gasteiger partial charge in [-0.3, -0.25) is 0 Å². The molecule has 0 bridgehead atoms. The van der Waals surface area contributed by atoms with Gasteiger partial charge >= 0.3 is 12.1 Å². The topological polar surface area (TPSA) is 158 Å². The maximum atomic E-state index is 9.00. The summed E-state index contributed by atoms with van der Waals surface area (Å²) in [7, 11) is 6.16. The van der Waals surface area contributed by atoms with Crippen molar-refractivity contribution in [2.75, 3.05) is 34.3 Å². The second-order valence-corrected chi connectivity index (χ2v) is 3.54. The molecule has 0 saturated carbocycles. The third-order valence-corrected chi connectivity index (χ3v) is 0.771. The molecule has 0 rings (SSSR count).